The van der Waals surface area contributed by atoms with E-state index in [4.69, 9.17) is 0 Å². The van der Waals surface area contributed by atoms with Crippen LogP contribution in [0.1, 0.15) is 37.7 Å². The molecule has 0 bridgehead atoms. The second kappa shape index (κ2) is 6.97. The van der Waals surface area contributed by atoms with Crippen molar-refractivity contribution in [2.24, 2.45) is 0 Å². The van der Waals surface area contributed by atoms with E-state index in [1.54, 1.807) is 6.20 Å². The van der Waals surface area contributed by atoms with Gasteiger partial charge in [-0.3, -0.25) is 9.78 Å². The summed E-state index contributed by atoms with van der Waals surface area (Å²) < 4.78 is 13.1. The van der Waals surface area contributed by atoms with Gasteiger partial charge in [0.25, 0.3) is 0 Å². The number of pyridine rings is 1. The fraction of sp³-hybridized carbons (Fsp3) is 0.474. The van der Waals surface area contributed by atoms with Crippen LogP contribution in [0.4, 0.5) is 10.3 Å². The Bertz CT molecular complexity index is 769. The van der Waals surface area contributed by atoms with Crippen molar-refractivity contribution in [2.45, 2.75) is 44.2 Å². The zero-order valence-electron chi connectivity index (χ0n) is 14.6. The molecule has 6 nitrogen and oxygen atoms in total. The first kappa shape index (κ1) is 16.9. The number of likely N-dealkylation sites (tertiary alicyclic amines) is 1. The molecule has 2 fully saturated rings. The third kappa shape index (κ3) is 3.25. The number of rotatable bonds is 3. The molecule has 1 unspecified atom stereocenters. The molecule has 1 atom stereocenters. The van der Waals surface area contributed by atoms with E-state index in [0.717, 1.165) is 44.3 Å². The minimum absolute atomic E-state index is 0.109. The molecule has 0 radical (unpaired) electrons. The molecule has 4 heterocycles. The normalized spacial score (nSPS) is 23.5. The average molecular weight is 355 g/mol. The van der Waals surface area contributed by atoms with Crippen LogP contribution < -0.4 is 4.90 Å². The van der Waals surface area contributed by atoms with Gasteiger partial charge in [-0.25, -0.2) is 14.4 Å². The van der Waals surface area contributed by atoms with Crippen LogP contribution in [0.25, 0.3) is 0 Å². The molecular formula is C19H22FN5O. The highest BCUT2D eigenvalue weighted by atomic mass is 19.1. The first-order chi connectivity index (χ1) is 12.7. The second-order valence-electron chi connectivity index (χ2n) is 7.11. The quantitative estimate of drug-likeness (QED) is 0.847. The summed E-state index contributed by atoms with van der Waals surface area (Å²) in [4.78, 5) is 29.1. The number of amides is 1. The van der Waals surface area contributed by atoms with Crippen LogP contribution in [0, 0.1) is 5.82 Å². The lowest BCUT2D eigenvalue weighted by atomic mass is 9.87. The van der Waals surface area contributed by atoms with Crippen molar-refractivity contribution in [3.63, 3.8) is 0 Å². The molecule has 2 aliphatic heterocycles. The highest BCUT2D eigenvalue weighted by Crippen LogP contribution is 2.40. The fourth-order valence-electron chi connectivity index (χ4n) is 4.17. The van der Waals surface area contributed by atoms with Crippen LogP contribution in [0.3, 0.4) is 0 Å². The van der Waals surface area contributed by atoms with Crippen LogP contribution >= 0.6 is 0 Å². The first-order valence-electron chi connectivity index (χ1n) is 9.08. The highest BCUT2D eigenvalue weighted by molar-refractivity contribution is 5.79. The maximum absolute atomic E-state index is 13.1. The molecule has 0 saturated carbocycles. The van der Waals surface area contributed by atoms with Crippen molar-refractivity contribution >= 4 is 11.9 Å². The van der Waals surface area contributed by atoms with Crippen molar-refractivity contribution in [1.82, 2.24) is 19.9 Å². The van der Waals surface area contributed by atoms with Gasteiger partial charge in [0.15, 0.2) is 5.82 Å². The standard InChI is InChI=1S/C19H22FN5O/c20-16-12-22-18(23-13-16)24-9-2-5-19(7-10-24)6-4-17(26)25(19)14-15-3-1-8-21-11-15/h1,3,8,11-13H,2,4-7,9-10,14H2. The smallest absolute Gasteiger partial charge is 0.225 e. The molecule has 0 aromatic carbocycles. The summed E-state index contributed by atoms with van der Waals surface area (Å²) in [6.07, 6.45) is 10.3. The Balaban J connectivity index is 1.52. The van der Waals surface area contributed by atoms with Crippen LogP contribution in [0.5, 0.6) is 0 Å². The van der Waals surface area contributed by atoms with E-state index in [1.807, 2.05) is 18.3 Å². The maximum Gasteiger partial charge on any atom is 0.225 e. The minimum Gasteiger partial charge on any atom is -0.341 e. The topological polar surface area (TPSA) is 62.2 Å². The van der Waals surface area contributed by atoms with Gasteiger partial charge in [-0.05, 0) is 37.3 Å². The number of halogens is 1. The summed E-state index contributed by atoms with van der Waals surface area (Å²) in [5.74, 6) is 0.357. The van der Waals surface area contributed by atoms with Crippen LogP contribution in [0.2, 0.25) is 0 Å². The van der Waals surface area contributed by atoms with E-state index in [0.29, 0.717) is 18.9 Å². The van der Waals surface area contributed by atoms with E-state index < -0.39 is 5.82 Å². The number of hydrogen-bond donors (Lipinski definition) is 0. The van der Waals surface area contributed by atoms with Crippen molar-refractivity contribution in [3.05, 3.63) is 48.3 Å². The van der Waals surface area contributed by atoms with Crippen molar-refractivity contribution in [2.75, 3.05) is 18.0 Å². The molecule has 7 heteroatoms. The van der Waals surface area contributed by atoms with Gasteiger partial charge in [0, 0.05) is 44.0 Å². The monoisotopic (exact) mass is 355 g/mol. The van der Waals surface area contributed by atoms with E-state index in [2.05, 4.69) is 24.8 Å². The van der Waals surface area contributed by atoms with E-state index in [9.17, 15) is 9.18 Å². The molecule has 1 spiro atoms. The zero-order valence-corrected chi connectivity index (χ0v) is 14.6. The average Bonchev–Trinajstić information content (AvgIpc) is 2.84. The largest absolute Gasteiger partial charge is 0.341 e. The van der Waals surface area contributed by atoms with Crippen molar-refractivity contribution < 1.29 is 9.18 Å². The van der Waals surface area contributed by atoms with Gasteiger partial charge in [0.05, 0.1) is 12.4 Å². The lowest BCUT2D eigenvalue weighted by molar-refractivity contribution is -0.132. The van der Waals surface area contributed by atoms with Gasteiger partial charge in [-0.15, -0.1) is 0 Å². The number of carbonyl (C=O) groups excluding carboxylic acids is 1. The molecule has 2 aliphatic rings. The second-order valence-corrected chi connectivity index (χ2v) is 7.11. The number of aromatic nitrogens is 3. The Morgan fingerprint density at radius 3 is 2.73 bits per heavy atom. The predicted octanol–water partition coefficient (Wildman–Crippen LogP) is 2.56. The van der Waals surface area contributed by atoms with E-state index in [-0.39, 0.29) is 11.4 Å². The number of hydrogen-bond acceptors (Lipinski definition) is 5. The molecule has 136 valence electrons. The third-order valence-electron chi connectivity index (χ3n) is 5.55. The van der Waals surface area contributed by atoms with E-state index in [1.165, 1.54) is 12.4 Å². The summed E-state index contributed by atoms with van der Waals surface area (Å²) >= 11 is 0. The Morgan fingerprint density at radius 1 is 1.12 bits per heavy atom. The number of carbonyl (C=O) groups is 1. The maximum atomic E-state index is 13.1. The Labute approximate surface area is 152 Å². The molecule has 26 heavy (non-hydrogen) atoms. The predicted molar refractivity (Wildman–Crippen MR) is 94.8 cm³/mol. The van der Waals surface area contributed by atoms with Gasteiger partial charge >= 0.3 is 0 Å². The summed E-state index contributed by atoms with van der Waals surface area (Å²) in [5, 5.41) is 0. The number of anilines is 1. The molecule has 0 aliphatic carbocycles. The Morgan fingerprint density at radius 2 is 1.96 bits per heavy atom. The molecule has 1 amide bonds. The molecule has 4 rings (SSSR count). The van der Waals surface area contributed by atoms with Gasteiger partial charge < -0.3 is 9.80 Å². The van der Waals surface area contributed by atoms with E-state index >= 15 is 0 Å². The molecule has 0 N–H and O–H groups in total. The molecule has 2 aromatic rings. The van der Waals surface area contributed by atoms with Crippen LogP contribution in [-0.4, -0.2) is 44.4 Å². The van der Waals surface area contributed by atoms with Gasteiger partial charge in [0.1, 0.15) is 0 Å². The summed E-state index contributed by atoms with van der Waals surface area (Å²) in [7, 11) is 0. The van der Waals surface area contributed by atoms with Crippen molar-refractivity contribution in [1.29, 1.82) is 0 Å². The highest BCUT2D eigenvalue weighted by Gasteiger charge is 2.45. The summed E-state index contributed by atoms with van der Waals surface area (Å²) in [5.41, 5.74) is 0.951. The Hall–Kier alpha value is -2.57. The van der Waals surface area contributed by atoms with Crippen LogP contribution in [-0.2, 0) is 11.3 Å². The molecule has 2 aromatic heterocycles. The lowest BCUT2D eigenvalue weighted by Crippen LogP contribution is -2.46. The van der Waals surface area contributed by atoms with Gasteiger partial charge in [-0.1, -0.05) is 6.07 Å². The lowest BCUT2D eigenvalue weighted by Gasteiger charge is -2.38. The minimum atomic E-state index is -0.427. The zero-order chi connectivity index (χ0) is 18.0. The number of nitrogens with zero attached hydrogens (tertiary/aromatic N) is 5. The van der Waals surface area contributed by atoms with Crippen molar-refractivity contribution in [3.8, 4) is 0 Å². The fourth-order valence-corrected chi connectivity index (χ4v) is 4.17. The summed E-state index contributed by atoms with van der Waals surface area (Å²) in [6, 6.07) is 3.92. The first-order valence-corrected chi connectivity index (χ1v) is 9.08. The SMILES string of the molecule is O=C1CCC2(CCCN(c3ncc(F)cn3)CC2)N1Cc1cccnc1. The Kier molecular flexibility index (Phi) is 4.53. The molecule has 2 saturated heterocycles. The van der Waals surface area contributed by atoms with Gasteiger partial charge in [-0.2, -0.15) is 0 Å². The molecular weight excluding hydrogens is 333 g/mol. The third-order valence-corrected chi connectivity index (χ3v) is 5.55. The summed E-state index contributed by atoms with van der Waals surface area (Å²) in [6.45, 7) is 2.20. The van der Waals surface area contributed by atoms with Crippen LogP contribution in [0.15, 0.2) is 36.9 Å². The van der Waals surface area contributed by atoms with Gasteiger partial charge in [0.2, 0.25) is 11.9 Å².